The lowest BCUT2D eigenvalue weighted by molar-refractivity contribution is -0.137. The average Bonchev–Trinajstić information content (AvgIpc) is 3.22. The number of carbonyl (C=O) groups is 3. The standard InChI is InChI=1S/C25H25N3O5/c1-14-22(25(14)13-33-20-9-8-17(11-18(20)25)23(31)27-2)24(32)28-19-10-15(12-26)6-7-16(19)4-3-5-21(29)30/h6-11,14,22H,3-5,13H2,1-2H3,(H,27,31)(H,28,32)(H,29,30). The molecule has 8 heteroatoms. The van der Waals surface area contributed by atoms with Gasteiger partial charge in [-0.05, 0) is 54.7 Å². The van der Waals surface area contributed by atoms with E-state index in [-0.39, 0.29) is 30.1 Å². The lowest BCUT2D eigenvalue weighted by Gasteiger charge is -2.13. The number of nitrogens with zero attached hydrogens (tertiary/aromatic N) is 1. The van der Waals surface area contributed by atoms with Crippen molar-refractivity contribution in [3.05, 3.63) is 58.7 Å². The van der Waals surface area contributed by atoms with E-state index in [9.17, 15) is 19.6 Å². The molecule has 170 valence electrons. The van der Waals surface area contributed by atoms with Crippen molar-refractivity contribution in [1.29, 1.82) is 5.26 Å². The van der Waals surface area contributed by atoms with Crippen LogP contribution in [-0.2, 0) is 21.4 Å². The first-order valence-electron chi connectivity index (χ1n) is 10.9. The highest BCUT2D eigenvalue weighted by Gasteiger charge is 2.69. The minimum absolute atomic E-state index is 0.00768. The van der Waals surface area contributed by atoms with Gasteiger partial charge in [0.15, 0.2) is 0 Å². The lowest BCUT2D eigenvalue weighted by atomic mass is 9.92. The van der Waals surface area contributed by atoms with Gasteiger partial charge in [-0.25, -0.2) is 0 Å². The van der Waals surface area contributed by atoms with E-state index in [1.807, 2.05) is 6.92 Å². The van der Waals surface area contributed by atoms with Gasteiger partial charge >= 0.3 is 5.97 Å². The van der Waals surface area contributed by atoms with Crippen molar-refractivity contribution in [3.8, 4) is 11.8 Å². The first kappa shape index (κ1) is 22.3. The van der Waals surface area contributed by atoms with Crippen molar-refractivity contribution in [2.45, 2.75) is 31.6 Å². The van der Waals surface area contributed by atoms with Gasteiger partial charge in [0, 0.05) is 35.7 Å². The van der Waals surface area contributed by atoms with E-state index >= 15 is 0 Å². The number of nitriles is 1. The minimum Gasteiger partial charge on any atom is -0.492 e. The summed E-state index contributed by atoms with van der Waals surface area (Å²) >= 11 is 0. The number of benzene rings is 2. The second-order valence-corrected chi connectivity index (χ2v) is 8.61. The average molecular weight is 447 g/mol. The summed E-state index contributed by atoms with van der Waals surface area (Å²) in [6.45, 7) is 2.36. The zero-order chi connectivity index (χ0) is 23.8. The van der Waals surface area contributed by atoms with Crippen molar-refractivity contribution in [2.24, 2.45) is 11.8 Å². The Balaban J connectivity index is 1.57. The number of aliphatic carboxylic acids is 1. The Labute approximate surface area is 191 Å². The monoisotopic (exact) mass is 447 g/mol. The molecule has 2 aliphatic rings. The highest BCUT2D eigenvalue weighted by atomic mass is 16.5. The fourth-order valence-corrected chi connectivity index (χ4v) is 4.93. The molecule has 1 aliphatic carbocycles. The van der Waals surface area contributed by atoms with E-state index in [2.05, 4.69) is 16.7 Å². The smallest absolute Gasteiger partial charge is 0.303 e. The number of carboxylic acid groups (broad SMARTS) is 1. The third-order valence-corrected chi connectivity index (χ3v) is 6.81. The van der Waals surface area contributed by atoms with Crippen LogP contribution in [0.1, 0.15) is 46.8 Å². The van der Waals surface area contributed by atoms with Crippen LogP contribution >= 0.6 is 0 Å². The number of carboxylic acids is 1. The Bertz CT molecular complexity index is 1190. The number of nitrogens with one attached hydrogen (secondary N) is 2. The number of hydrogen-bond donors (Lipinski definition) is 3. The molecule has 4 rings (SSSR count). The minimum atomic E-state index is -0.876. The van der Waals surface area contributed by atoms with Crippen LogP contribution in [0, 0.1) is 23.2 Å². The highest BCUT2D eigenvalue weighted by Crippen LogP contribution is 2.64. The number of rotatable bonds is 7. The van der Waals surface area contributed by atoms with Gasteiger partial charge in [0.25, 0.3) is 5.91 Å². The van der Waals surface area contributed by atoms with E-state index in [0.29, 0.717) is 42.0 Å². The summed E-state index contributed by atoms with van der Waals surface area (Å²) in [5, 5.41) is 23.8. The molecule has 33 heavy (non-hydrogen) atoms. The molecule has 0 saturated heterocycles. The molecule has 2 aromatic rings. The van der Waals surface area contributed by atoms with E-state index < -0.39 is 11.4 Å². The van der Waals surface area contributed by atoms with Crippen LogP contribution < -0.4 is 15.4 Å². The molecule has 3 unspecified atom stereocenters. The Morgan fingerprint density at radius 3 is 2.73 bits per heavy atom. The maximum absolute atomic E-state index is 13.3. The lowest BCUT2D eigenvalue weighted by Crippen LogP contribution is -2.23. The van der Waals surface area contributed by atoms with E-state index in [1.54, 1.807) is 43.4 Å². The van der Waals surface area contributed by atoms with Crippen molar-refractivity contribution < 1.29 is 24.2 Å². The Hall–Kier alpha value is -3.86. The van der Waals surface area contributed by atoms with E-state index in [0.717, 1.165) is 11.1 Å². The second-order valence-electron chi connectivity index (χ2n) is 8.61. The number of hydrogen-bond acceptors (Lipinski definition) is 5. The van der Waals surface area contributed by atoms with Crippen LogP contribution in [0.2, 0.25) is 0 Å². The van der Waals surface area contributed by atoms with E-state index in [1.165, 1.54) is 0 Å². The number of aryl methyl sites for hydroxylation is 1. The predicted octanol–water partition coefficient (Wildman–Crippen LogP) is 2.86. The summed E-state index contributed by atoms with van der Waals surface area (Å²) in [6, 6.07) is 12.4. The van der Waals surface area contributed by atoms with E-state index in [4.69, 9.17) is 9.84 Å². The normalized spacial score (nSPS) is 22.1. The molecule has 1 heterocycles. The predicted molar refractivity (Wildman–Crippen MR) is 120 cm³/mol. The fourth-order valence-electron chi connectivity index (χ4n) is 4.93. The molecule has 2 amide bonds. The SMILES string of the molecule is CNC(=O)c1ccc2c(c1)C1(CO2)C(C)C1C(=O)Nc1cc(C#N)ccc1CCCC(=O)O. The molecule has 0 radical (unpaired) electrons. The third-order valence-electron chi connectivity index (χ3n) is 6.81. The Morgan fingerprint density at radius 2 is 2.03 bits per heavy atom. The van der Waals surface area contributed by atoms with Crippen LogP contribution in [0.25, 0.3) is 0 Å². The first-order chi connectivity index (χ1) is 15.8. The molecule has 8 nitrogen and oxygen atoms in total. The van der Waals surface area contributed by atoms with Gasteiger partial charge in [-0.2, -0.15) is 5.26 Å². The zero-order valence-electron chi connectivity index (χ0n) is 18.5. The van der Waals surface area contributed by atoms with Gasteiger partial charge in [0.2, 0.25) is 5.91 Å². The maximum atomic E-state index is 13.3. The third kappa shape index (κ3) is 3.91. The molecule has 0 bridgehead atoms. The number of carbonyl (C=O) groups excluding carboxylic acids is 2. The second kappa shape index (κ2) is 8.58. The summed E-state index contributed by atoms with van der Waals surface area (Å²) in [7, 11) is 1.57. The largest absolute Gasteiger partial charge is 0.492 e. The topological polar surface area (TPSA) is 129 Å². The molecule has 1 aliphatic heterocycles. The van der Waals surface area contributed by atoms with Crippen molar-refractivity contribution in [1.82, 2.24) is 5.32 Å². The fraction of sp³-hybridized carbons (Fsp3) is 0.360. The number of fused-ring (bicyclic) bond motifs is 2. The van der Waals surface area contributed by atoms with Crippen LogP contribution in [0.5, 0.6) is 5.75 Å². The van der Waals surface area contributed by atoms with Gasteiger partial charge in [-0.15, -0.1) is 0 Å². The van der Waals surface area contributed by atoms with Crippen LogP contribution in [0.3, 0.4) is 0 Å². The molecule has 1 fully saturated rings. The first-order valence-corrected chi connectivity index (χ1v) is 10.9. The molecule has 1 saturated carbocycles. The van der Waals surface area contributed by atoms with Crippen molar-refractivity contribution >= 4 is 23.5 Å². The Morgan fingerprint density at radius 1 is 1.24 bits per heavy atom. The van der Waals surface area contributed by atoms with Gasteiger partial charge in [-0.1, -0.05) is 13.0 Å². The van der Waals surface area contributed by atoms with Gasteiger partial charge < -0.3 is 20.5 Å². The summed E-state index contributed by atoms with van der Waals surface area (Å²) in [4.78, 5) is 36.3. The summed E-state index contributed by atoms with van der Waals surface area (Å²) in [5.41, 5.74) is 2.61. The summed E-state index contributed by atoms with van der Waals surface area (Å²) in [6.07, 6.45) is 0.926. The Kier molecular flexibility index (Phi) is 5.81. The summed E-state index contributed by atoms with van der Waals surface area (Å²) < 4.78 is 5.87. The van der Waals surface area contributed by atoms with Gasteiger partial charge in [0.1, 0.15) is 5.75 Å². The molecule has 1 spiro atoms. The quantitative estimate of drug-likeness (QED) is 0.599. The van der Waals surface area contributed by atoms with Gasteiger partial charge in [-0.3, -0.25) is 14.4 Å². The van der Waals surface area contributed by atoms with Crippen LogP contribution in [-0.4, -0.2) is 36.5 Å². The number of anilines is 1. The maximum Gasteiger partial charge on any atom is 0.303 e. The molecule has 2 aromatic carbocycles. The van der Waals surface area contributed by atoms with Crippen LogP contribution in [0.4, 0.5) is 5.69 Å². The number of ether oxygens (including phenoxy) is 1. The summed E-state index contributed by atoms with van der Waals surface area (Å²) in [5.74, 6) is -0.915. The molecule has 3 atom stereocenters. The molecule has 3 N–H and O–H groups in total. The number of amides is 2. The highest BCUT2D eigenvalue weighted by molar-refractivity contribution is 5.98. The van der Waals surface area contributed by atoms with Crippen molar-refractivity contribution in [2.75, 3.05) is 19.0 Å². The van der Waals surface area contributed by atoms with Gasteiger partial charge in [0.05, 0.1) is 24.2 Å². The molecular weight excluding hydrogens is 422 g/mol. The zero-order valence-corrected chi connectivity index (χ0v) is 18.5. The molecule has 0 aromatic heterocycles. The molecular formula is C25H25N3O5. The van der Waals surface area contributed by atoms with Crippen LogP contribution in [0.15, 0.2) is 36.4 Å². The van der Waals surface area contributed by atoms with Crippen molar-refractivity contribution in [3.63, 3.8) is 0 Å².